The van der Waals surface area contributed by atoms with Crippen LogP contribution in [0.15, 0.2) is 23.1 Å². The van der Waals surface area contributed by atoms with E-state index in [1.807, 2.05) is 0 Å². The predicted molar refractivity (Wildman–Crippen MR) is 90.4 cm³/mol. The highest BCUT2D eigenvalue weighted by Gasteiger charge is 2.39. The van der Waals surface area contributed by atoms with Crippen molar-refractivity contribution in [1.29, 1.82) is 0 Å². The molecule has 0 saturated carbocycles. The second-order valence-electron chi connectivity index (χ2n) is 6.56. The zero-order valence-corrected chi connectivity index (χ0v) is 15.6. The molecule has 0 aliphatic carbocycles. The molecule has 0 bridgehead atoms. The first-order chi connectivity index (χ1) is 12.7. The molecule has 3 amide bonds. The van der Waals surface area contributed by atoms with Crippen LogP contribution in [0.4, 0.5) is 13.6 Å². The number of carbonyl (C=O) groups excluding carboxylic acids is 2. The third-order valence-electron chi connectivity index (χ3n) is 4.99. The van der Waals surface area contributed by atoms with Crippen molar-refractivity contribution in [2.75, 3.05) is 39.3 Å². The Morgan fingerprint density at radius 1 is 1.19 bits per heavy atom. The molecule has 0 aromatic heterocycles. The minimum absolute atomic E-state index is 0.0231. The number of nitrogens with zero attached hydrogens (tertiary/aromatic N) is 2. The fourth-order valence-electron chi connectivity index (χ4n) is 3.40. The molecule has 2 saturated heterocycles. The maximum Gasteiger partial charge on any atom is 0.324 e. The van der Waals surface area contributed by atoms with E-state index >= 15 is 0 Å². The molecule has 1 aromatic rings. The van der Waals surface area contributed by atoms with Crippen molar-refractivity contribution in [1.82, 2.24) is 14.5 Å². The number of sulfonamides is 1. The number of nitrogens with one attached hydrogen (secondary N) is 2. The van der Waals surface area contributed by atoms with Crippen molar-refractivity contribution in [3.63, 3.8) is 0 Å². The van der Waals surface area contributed by atoms with E-state index in [0.29, 0.717) is 13.1 Å². The molecule has 2 fully saturated rings. The van der Waals surface area contributed by atoms with Crippen LogP contribution >= 0.6 is 0 Å². The SMILES string of the molecule is C[C@H](C(=O)N1CCNC1=O)[NH+]1CCN(S(=O)(=O)c2c(F)cccc2F)CC1. The van der Waals surface area contributed by atoms with Gasteiger partial charge in [-0.15, -0.1) is 0 Å². The first-order valence-electron chi connectivity index (χ1n) is 8.61. The highest BCUT2D eigenvalue weighted by Crippen LogP contribution is 2.22. The molecule has 8 nitrogen and oxygen atoms in total. The van der Waals surface area contributed by atoms with Gasteiger partial charge in [-0.05, 0) is 19.1 Å². The highest BCUT2D eigenvalue weighted by molar-refractivity contribution is 7.89. The van der Waals surface area contributed by atoms with Crippen molar-refractivity contribution in [2.45, 2.75) is 17.9 Å². The number of amides is 3. The van der Waals surface area contributed by atoms with Gasteiger partial charge in [0.15, 0.2) is 10.9 Å². The first kappa shape index (κ1) is 19.6. The van der Waals surface area contributed by atoms with Crippen molar-refractivity contribution in [2.24, 2.45) is 0 Å². The normalized spacial score (nSPS) is 20.6. The van der Waals surface area contributed by atoms with Crippen molar-refractivity contribution >= 4 is 22.0 Å². The summed E-state index contributed by atoms with van der Waals surface area (Å²) in [6.45, 7) is 3.03. The molecule has 0 spiro atoms. The number of piperazine rings is 1. The number of rotatable bonds is 4. The first-order valence-corrected chi connectivity index (χ1v) is 10.1. The van der Waals surface area contributed by atoms with Crippen LogP contribution in [0.5, 0.6) is 0 Å². The van der Waals surface area contributed by atoms with Crippen LogP contribution in [-0.4, -0.2) is 74.9 Å². The number of hydrogen-bond acceptors (Lipinski definition) is 4. The van der Waals surface area contributed by atoms with Gasteiger partial charge in [0.2, 0.25) is 10.0 Å². The van der Waals surface area contributed by atoms with Crippen LogP contribution in [0, 0.1) is 11.6 Å². The van der Waals surface area contributed by atoms with Crippen LogP contribution in [0.3, 0.4) is 0 Å². The minimum Gasteiger partial charge on any atom is -0.336 e. The lowest BCUT2D eigenvalue weighted by molar-refractivity contribution is -0.917. The van der Waals surface area contributed by atoms with Gasteiger partial charge in [-0.3, -0.25) is 9.69 Å². The highest BCUT2D eigenvalue weighted by atomic mass is 32.2. The molecule has 1 aromatic carbocycles. The van der Waals surface area contributed by atoms with Gasteiger partial charge in [-0.25, -0.2) is 22.0 Å². The molecule has 0 unspecified atom stereocenters. The zero-order chi connectivity index (χ0) is 19.8. The number of carbonyl (C=O) groups is 2. The molecular weight excluding hydrogens is 382 g/mol. The van der Waals surface area contributed by atoms with E-state index in [0.717, 1.165) is 32.3 Å². The average molecular weight is 403 g/mol. The Balaban J connectivity index is 1.68. The predicted octanol–water partition coefficient (Wildman–Crippen LogP) is -1.21. The van der Waals surface area contributed by atoms with Crippen LogP contribution in [-0.2, 0) is 14.8 Å². The molecule has 0 radical (unpaired) electrons. The van der Waals surface area contributed by atoms with E-state index < -0.39 is 38.6 Å². The number of imide groups is 1. The second kappa shape index (κ2) is 7.49. The van der Waals surface area contributed by atoms with Gasteiger partial charge in [-0.2, -0.15) is 4.31 Å². The lowest BCUT2D eigenvalue weighted by atomic mass is 10.2. The summed E-state index contributed by atoms with van der Waals surface area (Å²) in [5.41, 5.74) is 0. The van der Waals surface area contributed by atoms with Gasteiger partial charge in [0.1, 0.15) is 11.6 Å². The Kier molecular flexibility index (Phi) is 5.45. The van der Waals surface area contributed by atoms with E-state index in [2.05, 4.69) is 5.32 Å². The number of urea groups is 1. The van der Waals surface area contributed by atoms with E-state index in [-0.39, 0.29) is 32.1 Å². The van der Waals surface area contributed by atoms with Gasteiger partial charge in [0.05, 0.1) is 26.2 Å². The second-order valence-corrected chi connectivity index (χ2v) is 8.43. The number of quaternary nitrogens is 1. The lowest BCUT2D eigenvalue weighted by Gasteiger charge is -2.34. The molecule has 1 atom stereocenters. The van der Waals surface area contributed by atoms with Gasteiger partial charge < -0.3 is 10.2 Å². The fraction of sp³-hybridized carbons (Fsp3) is 0.500. The Morgan fingerprint density at radius 3 is 2.30 bits per heavy atom. The van der Waals surface area contributed by atoms with E-state index in [4.69, 9.17) is 0 Å². The van der Waals surface area contributed by atoms with E-state index in [1.54, 1.807) is 6.92 Å². The molecule has 148 valence electrons. The molecule has 2 aliphatic rings. The molecule has 2 aliphatic heterocycles. The quantitative estimate of drug-likeness (QED) is 0.661. The van der Waals surface area contributed by atoms with E-state index in [9.17, 15) is 26.8 Å². The number of halogens is 2. The topological polar surface area (TPSA) is 91.2 Å². The van der Waals surface area contributed by atoms with Crippen LogP contribution < -0.4 is 10.2 Å². The third-order valence-corrected chi connectivity index (χ3v) is 6.94. The molecular formula is C16H21F2N4O4S+. The van der Waals surface area contributed by atoms with Crippen LogP contribution in [0.2, 0.25) is 0 Å². The standard InChI is InChI=1S/C16H20F2N4O4S/c1-11(15(23)22-6-5-19-16(22)24)20-7-9-21(10-8-20)27(25,26)14-12(17)3-2-4-13(14)18/h2-4,11H,5-10H2,1H3,(H,19,24)/p+1/t11-/m1/s1. The van der Waals surface area contributed by atoms with Gasteiger partial charge >= 0.3 is 6.03 Å². The van der Waals surface area contributed by atoms with Crippen molar-refractivity contribution < 1.29 is 31.7 Å². The Bertz CT molecular complexity index is 836. The Morgan fingerprint density at radius 2 is 1.78 bits per heavy atom. The summed E-state index contributed by atoms with van der Waals surface area (Å²) in [6.07, 6.45) is 0. The van der Waals surface area contributed by atoms with E-state index in [1.165, 1.54) is 0 Å². The fourth-order valence-corrected chi connectivity index (χ4v) is 4.95. The average Bonchev–Trinajstić information content (AvgIpc) is 3.06. The van der Waals surface area contributed by atoms with Gasteiger partial charge in [0, 0.05) is 13.1 Å². The monoisotopic (exact) mass is 403 g/mol. The summed E-state index contributed by atoms with van der Waals surface area (Å²) in [5, 5.41) is 2.56. The summed E-state index contributed by atoms with van der Waals surface area (Å²) in [4.78, 5) is 25.1. The Hall–Kier alpha value is -2.11. The third kappa shape index (κ3) is 3.66. The summed E-state index contributed by atoms with van der Waals surface area (Å²) in [5.74, 6) is -2.59. The van der Waals surface area contributed by atoms with Crippen molar-refractivity contribution in [3.05, 3.63) is 29.8 Å². The van der Waals surface area contributed by atoms with Crippen LogP contribution in [0.1, 0.15) is 6.92 Å². The Labute approximate surface area is 155 Å². The summed E-state index contributed by atoms with van der Waals surface area (Å²) in [7, 11) is -4.31. The summed E-state index contributed by atoms with van der Waals surface area (Å²) >= 11 is 0. The smallest absolute Gasteiger partial charge is 0.324 e. The van der Waals surface area contributed by atoms with Gasteiger partial charge in [0.25, 0.3) is 5.91 Å². The van der Waals surface area contributed by atoms with Gasteiger partial charge in [-0.1, -0.05) is 6.07 Å². The molecule has 3 rings (SSSR count). The molecule has 11 heteroatoms. The van der Waals surface area contributed by atoms with Crippen LogP contribution in [0.25, 0.3) is 0 Å². The summed E-state index contributed by atoms with van der Waals surface area (Å²) in [6, 6.07) is 1.96. The largest absolute Gasteiger partial charge is 0.336 e. The number of hydrogen-bond donors (Lipinski definition) is 2. The minimum atomic E-state index is -4.31. The number of benzene rings is 1. The summed E-state index contributed by atoms with van der Waals surface area (Å²) < 4.78 is 54.0. The maximum absolute atomic E-state index is 13.9. The lowest BCUT2D eigenvalue weighted by Crippen LogP contribution is -3.19. The molecule has 2 heterocycles. The molecule has 2 N–H and O–H groups in total. The maximum atomic E-state index is 13.9. The zero-order valence-electron chi connectivity index (χ0n) is 14.7. The molecule has 27 heavy (non-hydrogen) atoms. The van der Waals surface area contributed by atoms with Crippen molar-refractivity contribution in [3.8, 4) is 0 Å².